The number of allylic oxidation sites excluding steroid dienone is 1. The van der Waals surface area contributed by atoms with E-state index in [2.05, 4.69) is 49.8 Å². The number of pyridine rings is 1. The molecule has 1 aromatic rings. The van der Waals surface area contributed by atoms with Gasteiger partial charge in [0.05, 0.1) is 5.69 Å². The summed E-state index contributed by atoms with van der Waals surface area (Å²) < 4.78 is 0. The summed E-state index contributed by atoms with van der Waals surface area (Å²) in [5, 5.41) is 0. The number of likely N-dealkylation sites (N-methyl/N-ethyl adjacent to an activating group) is 1. The maximum absolute atomic E-state index is 4.36. The second-order valence-corrected chi connectivity index (χ2v) is 4.15. The molecule has 0 spiro atoms. The molecule has 1 unspecified atom stereocenters. The van der Waals surface area contributed by atoms with Gasteiger partial charge in [0.25, 0.3) is 0 Å². The number of aromatic nitrogens is 1. The molecule has 1 aromatic heterocycles. The van der Waals surface area contributed by atoms with E-state index in [0.717, 1.165) is 12.2 Å². The lowest BCUT2D eigenvalue weighted by atomic mass is 10.2. The van der Waals surface area contributed by atoms with Crippen LogP contribution in [-0.4, -0.2) is 23.5 Å². The maximum Gasteiger partial charge on any atom is 0.0572 e. The molecule has 0 saturated heterocycles. The first kappa shape index (κ1) is 11.9. The van der Waals surface area contributed by atoms with Crippen molar-refractivity contribution in [3.63, 3.8) is 0 Å². The van der Waals surface area contributed by atoms with Gasteiger partial charge in [-0.05, 0) is 40.0 Å². The van der Waals surface area contributed by atoms with Crippen LogP contribution in [0.5, 0.6) is 0 Å². The van der Waals surface area contributed by atoms with Gasteiger partial charge in [-0.15, -0.1) is 0 Å². The van der Waals surface area contributed by atoms with Gasteiger partial charge in [-0.1, -0.05) is 17.7 Å². The quantitative estimate of drug-likeness (QED) is 0.701. The van der Waals surface area contributed by atoms with Crippen molar-refractivity contribution in [2.24, 2.45) is 0 Å². The Kier molecular flexibility index (Phi) is 4.50. The lowest BCUT2D eigenvalue weighted by Gasteiger charge is -2.22. The molecule has 0 aliphatic heterocycles. The first-order valence-corrected chi connectivity index (χ1v) is 5.36. The number of hydrogen-bond donors (Lipinski definition) is 0. The van der Waals surface area contributed by atoms with Gasteiger partial charge < -0.3 is 0 Å². The van der Waals surface area contributed by atoms with Gasteiger partial charge in [-0.25, -0.2) is 0 Å². The van der Waals surface area contributed by atoms with Crippen LogP contribution in [-0.2, 0) is 0 Å². The van der Waals surface area contributed by atoms with Gasteiger partial charge in [0.1, 0.15) is 0 Å². The molecule has 2 heteroatoms. The zero-order valence-electron chi connectivity index (χ0n) is 10.1. The molecule has 15 heavy (non-hydrogen) atoms. The molecule has 0 aliphatic rings. The van der Waals surface area contributed by atoms with Crippen LogP contribution in [0.3, 0.4) is 0 Å². The molecular formula is C13H20N2. The molecule has 0 radical (unpaired) electrons. The second kappa shape index (κ2) is 5.66. The maximum atomic E-state index is 4.36. The van der Waals surface area contributed by atoms with E-state index >= 15 is 0 Å². The Morgan fingerprint density at radius 3 is 2.73 bits per heavy atom. The highest BCUT2D eigenvalue weighted by Gasteiger charge is 2.10. The van der Waals surface area contributed by atoms with E-state index in [1.54, 1.807) is 0 Å². The summed E-state index contributed by atoms with van der Waals surface area (Å²) in [4.78, 5) is 6.65. The van der Waals surface area contributed by atoms with E-state index in [9.17, 15) is 0 Å². The fourth-order valence-corrected chi connectivity index (χ4v) is 1.33. The van der Waals surface area contributed by atoms with Crippen molar-refractivity contribution in [1.82, 2.24) is 9.88 Å². The number of hydrogen-bond acceptors (Lipinski definition) is 2. The van der Waals surface area contributed by atoms with Gasteiger partial charge >= 0.3 is 0 Å². The standard InChI is InChI=1S/C13H20N2/c1-11(2)8-10-15(4)12(3)13-7-5-6-9-14-13/h5-9,12H,10H2,1-4H3. The van der Waals surface area contributed by atoms with Crippen LogP contribution in [0.25, 0.3) is 0 Å². The summed E-state index contributed by atoms with van der Waals surface area (Å²) in [7, 11) is 2.12. The summed E-state index contributed by atoms with van der Waals surface area (Å²) in [5.41, 5.74) is 2.48. The molecule has 82 valence electrons. The smallest absolute Gasteiger partial charge is 0.0572 e. The van der Waals surface area contributed by atoms with E-state index in [1.165, 1.54) is 5.57 Å². The summed E-state index contributed by atoms with van der Waals surface area (Å²) in [6, 6.07) is 6.42. The van der Waals surface area contributed by atoms with Crippen LogP contribution in [0.2, 0.25) is 0 Å². The minimum Gasteiger partial charge on any atom is -0.294 e. The average molecular weight is 204 g/mol. The fourth-order valence-electron chi connectivity index (χ4n) is 1.33. The zero-order chi connectivity index (χ0) is 11.3. The Balaban J connectivity index is 2.61. The first-order chi connectivity index (χ1) is 7.11. The highest BCUT2D eigenvalue weighted by molar-refractivity contribution is 5.08. The van der Waals surface area contributed by atoms with E-state index in [-0.39, 0.29) is 0 Å². The highest BCUT2D eigenvalue weighted by Crippen LogP contribution is 2.15. The van der Waals surface area contributed by atoms with Crippen molar-refractivity contribution >= 4 is 0 Å². The van der Waals surface area contributed by atoms with Crippen molar-refractivity contribution in [2.45, 2.75) is 26.8 Å². The molecule has 0 aliphatic carbocycles. The molecule has 0 aromatic carbocycles. The topological polar surface area (TPSA) is 16.1 Å². The Morgan fingerprint density at radius 2 is 2.20 bits per heavy atom. The summed E-state index contributed by atoms with van der Waals surface area (Å²) in [6.07, 6.45) is 4.08. The van der Waals surface area contributed by atoms with Crippen LogP contribution >= 0.6 is 0 Å². The van der Waals surface area contributed by atoms with E-state index in [1.807, 2.05) is 18.3 Å². The Labute approximate surface area is 92.6 Å². The van der Waals surface area contributed by atoms with Crippen LogP contribution in [0.4, 0.5) is 0 Å². The monoisotopic (exact) mass is 204 g/mol. The molecule has 0 N–H and O–H groups in total. The minimum absolute atomic E-state index is 0.363. The molecule has 2 nitrogen and oxygen atoms in total. The fraction of sp³-hybridized carbons (Fsp3) is 0.462. The Hall–Kier alpha value is -1.15. The summed E-state index contributed by atoms with van der Waals surface area (Å²) in [5.74, 6) is 0. The van der Waals surface area contributed by atoms with E-state index in [4.69, 9.17) is 0 Å². The highest BCUT2D eigenvalue weighted by atomic mass is 15.1. The van der Waals surface area contributed by atoms with Crippen LogP contribution in [0.15, 0.2) is 36.0 Å². The van der Waals surface area contributed by atoms with Gasteiger partial charge in [-0.3, -0.25) is 9.88 Å². The predicted molar refractivity (Wildman–Crippen MR) is 64.7 cm³/mol. The number of nitrogens with zero attached hydrogens (tertiary/aromatic N) is 2. The molecule has 0 saturated carbocycles. The second-order valence-electron chi connectivity index (χ2n) is 4.15. The Bertz CT molecular complexity index is 313. The van der Waals surface area contributed by atoms with Crippen molar-refractivity contribution < 1.29 is 0 Å². The Morgan fingerprint density at radius 1 is 1.47 bits per heavy atom. The van der Waals surface area contributed by atoms with Gasteiger partial charge in [0.2, 0.25) is 0 Å². The van der Waals surface area contributed by atoms with E-state index < -0.39 is 0 Å². The summed E-state index contributed by atoms with van der Waals surface area (Å²) >= 11 is 0. The first-order valence-electron chi connectivity index (χ1n) is 5.36. The van der Waals surface area contributed by atoms with Crippen LogP contribution in [0, 0.1) is 0 Å². The molecule has 1 rings (SSSR count). The van der Waals surface area contributed by atoms with Crippen LogP contribution in [0.1, 0.15) is 32.5 Å². The van der Waals surface area contributed by atoms with Crippen molar-refractivity contribution in [2.75, 3.05) is 13.6 Å². The molecule has 1 atom stereocenters. The lowest BCUT2D eigenvalue weighted by molar-refractivity contribution is 0.284. The summed E-state index contributed by atoms with van der Waals surface area (Å²) in [6.45, 7) is 7.40. The third-order valence-corrected chi connectivity index (χ3v) is 2.56. The van der Waals surface area contributed by atoms with Crippen molar-refractivity contribution in [3.8, 4) is 0 Å². The zero-order valence-corrected chi connectivity index (χ0v) is 10.1. The average Bonchev–Trinajstić information content (AvgIpc) is 2.26. The van der Waals surface area contributed by atoms with Crippen molar-refractivity contribution in [3.05, 3.63) is 41.7 Å². The van der Waals surface area contributed by atoms with Gasteiger partial charge in [0.15, 0.2) is 0 Å². The normalized spacial score (nSPS) is 12.6. The SMILES string of the molecule is CC(C)=CCN(C)C(C)c1ccccn1. The number of rotatable bonds is 4. The third-order valence-electron chi connectivity index (χ3n) is 2.56. The van der Waals surface area contributed by atoms with Gasteiger partial charge in [0, 0.05) is 18.8 Å². The molecule has 0 fully saturated rings. The van der Waals surface area contributed by atoms with E-state index in [0.29, 0.717) is 6.04 Å². The molecule has 0 bridgehead atoms. The molecular weight excluding hydrogens is 184 g/mol. The lowest BCUT2D eigenvalue weighted by Crippen LogP contribution is -2.23. The predicted octanol–water partition coefficient (Wildman–Crippen LogP) is 3.04. The minimum atomic E-state index is 0.363. The third kappa shape index (κ3) is 3.84. The van der Waals surface area contributed by atoms with Gasteiger partial charge in [-0.2, -0.15) is 0 Å². The molecule has 0 amide bonds. The largest absolute Gasteiger partial charge is 0.294 e. The van der Waals surface area contributed by atoms with Crippen molar-refractivity contribution in [1.29, 1.82) is 0 Å². The van der Waals surface area contributed by atoms with Crippen LogP contribution < -0.4 is 0 Å². The molecule has 1 heterocycles.